The molecule has 2 aromatic rings. The Morgan fingerprint density at radius 3 is 2.41 bits per heavy atom. The lowest BCUT2D eigenvalue weighted by atomic mass is 9.84. The summed E-state index contributed by atoms with van der Waals surface area (Å²) in [5, 5.41) is 23.4. The number of amides is 1. The summed E-state index contributed by atoms with van der Waals surface area (Å²) in [6, 6.07) is 9.14. The van der Waals surface area contributed by atoms with Crippen LogP contribution < -0.4 is 5.32 Å². The number of rotatable bonds is 9. The molecule has 3 N–H and O–H groups in total. The van der Waals surface area contributed by atoms with Gasteiger partial charge < -0.3 is 15.5 Å². The lowest BCUT2D eigenvalue weighted by Crippen LogP contribution is -2.40. The van der Waals surface area contributed by atoms with E-state index in [4.69, 9.17) is 11.6 Å². The van der Waals surface area contributed by atoms with E-state index in [9.17, 15) is 15.0 Å². The van der Waals surface area contributed by atoms with Gasteiger partial charge in [0.1, 0.15) is 5.75 Å². The molecule has 0 fully saturated rings. The average Bonchev–Trinajstić information content (AvgIpc) is 2.71. The number of benzene rings is 2. The van der Waals surface area contributed by atoms with Gasteiger partial charge in [0.15, 0.2) is 0 Å². The monoisotopic (exact) mass is 459 g/mol. The molecule has 0 spiro atoms. The normalized spacial score (nSPS) is 12.8. The van der Waals surface area contributed by atoms with E-state index in [1.54, 1.807) is 13.0 Å². The van der Waals surface area contributed by atoms with Crippen molar-refractivity contribution in [3.8, 4) is 5.75 Å². The molecule has 4 nitrogen and oxygen atoms in total. The highest BCUT2D eigenvalue weighted by Crippen LogP contribution is 2.29. The van der Waals surface area contributed by atoms with Gasteiger partial charge in [0.25, 0.3) is 0 Å². The SMILES string of the molecule is Cc1c(O)ccc(Cl)c1CC(=O)N[C@@H](CO)Cc1c(CCC(C)(C)C)cccc1C(C)C. The summed E-state index contributed by atoms with van der Waals surface area (Å²) >= 11 is 6.25. The molecule has 0 aliphatic heterocycles. The number of carbonyl (C=O) groups excluding carboxylic acids is 1. The summed E-state index contributed by atoms with van der Waals surface area (Å²) < 4.78 is 0. The summed E-state index contributed by atoms with van der Waals surface area (Å²) in [6.45, 7) is 12.7. The molecule has 176 valence electrons. The first-order chi connectivity index (χ1) is 14.9. The van der Waals surface area contributed by atoms with Gasteiger partial charge in [0.2, 0.25) is 5.91 Å². The number of phenols is 1. The lowest BCUT2D eigenvalue weighted by Gasteiger charge is -2.24. The molecule has 5 heteroatoms. The quantitative estimate of drug-likeness (QED) is 0.449. The number of phenolic OH excluding ortho intramolecular Hbond substituents is 1. The van der Waals surface area contributed by atoms with Crippen LogP contribution in [0.4, 0.5) is 0 Å². The van der Waals surface area contributed by atoms with Crippen LogP contribution in [0.5, 0.6) is 5.75 Å². The molecule has 0 saturated heterocycles. The Morgan fingerprint density at radius 1 is 1.12 bits per heavy atom. The van der Waals surface area contributed by atoms with Crippen LogP contribution in [0.1, 0.15) is 74.8 Å². The molecule has 0 aromatic heterocycles. The van der Waals surface area contributed by atoms with Crippen molar-refractivity contribution >= 4 is 17.5 Å². The van der Waals surface area contributed by atoms with E-state index in [2.05, 4.69) is 58.1 Å². The lowest BCUT2D eigenvalue weighted by molar-refractivity contribution is -0.121. The van der Waals surface area contributed by atoms with Gasteiger partial charge in [0, 0.05) is 5.02 Å². The van der Waals surface area contributed by atoms with Crippen LogP contribution in [-0.4, -0.2) is 28.8 Å². The fraction of sp³-hybridized carbons (Fsp3) is 0.519. The first-order valence-corrected chi connectivity index (χ1v) is 11.8. The van der Waals surface area contributed by atoms with Gasteiger partial charge in [-0.1, -0.05) is 64.4 Å². The third-order valence-corrected chi connectivity index (χ3v) is 6.32. The Balaban J connectivity index is 2.22. The molecule has 0 aliphatic rings. The molecule has 0 aliphatic carbocycles. The number of aliphatic hydroxyl groups excluding tert-OH is 1. The Kier molecular flexibility index (Phi) is 9.18. The zero-order valence-electron chi connectivity index (χ0n) is 20.3. The molecule has 1 amide bonds. The van der Waals surface area contributed by atoms with Crippen LogP contribution >= 0.6 is 11.6 Å². The van der Waals surface area contributed by atoms with Crippen molar-refractivity contribution in [2.75, 3.05) is 6.61 Å². The molecule has 0 saturated carbocycles. The standard InChI is InChI=1S/C27H38ClNO3/c1-17(2)21-9-7-8-19(12-13-27(4,5)6)23(21)14-20(16-30)29-26(32)15-22-18(3)25(31)11-10-24(22)28/h7-11,17,20,30-31H,12-16H2,1-6H3,(H,29,32)/t20-/m1/s1. The van der Waals surface area contributed by atoms with Crippen LogP contribution in [0.25, 0.3) is 0 Å². The Hall–Kier alpha value is -2.04. The summed E-state index contributed by atoms with van der Waals surface area (Å²) in [5.41, 5.74) is 5.20. The molecule has 0 radical (unpaired) electrons. The predicted molar refractivity (Wildman–Crippen MR) is 133 cm³/mol. The highest BCUT2D eigenvalue weighted by atomic mass is 35.5. The Bertz CT molecular complexity index is 931. The fourth-order valence-electron chi connectivity index (χ4n) is 3.96. The van der Waals surface area contributed by atoms with Gasteiger partial charge in [-0.25, -0.2) is 0 Å². The Labute approximate surface area is 198 Å². The Morgan fingerprint density at radius 2 is 1.81 bits per heavy atom. The van der Waals surface area contributed by atoms with Gasteiger partial charge in [0.05, 0.1) is 19.1 Å². The van der Waals surface area contributed by atoms with Gasteiger partial charge in [-0.05, 0) is 77.5 Å². The molecule has 32 heavy (non-hydrogen) atoms. The molecule has 2 aromatic carbocycles. The van der Waals surface area contributed by atoms with E-state index in [1.807, 2.05) is 0 Å². The van der Waals surface area contributed by atoms with E-state index in [1.165, 1.54) is 22.8 Å². The minimum absolute atomic E-state index is 0.0538. The van der Waals surface area contributed by atoms with E-state index < -0.39 is 6.04 Å². The van der Waals surface area contributed by atoms with E-state index in [0.717, 1.165) is 12.8 Å². The van der Waals surface area contributed by atoms with Gasteiger partial charge in [-0.2, -0.15) is 0 Å². The summed E-state index contributed by atoms with van der Waals surface area (Å²) in [4.78, 5) is 12.8. The van der Waals surface area contributed by atoms with Crippen molar-refractivity contribution in [3.05, 3.63) is 63.2 Å². The van der Waals surface area contributed by atoms with Crippen LogP contribution in [0.2, 0.25) is 5.02 Å². The van der Waals surface area contributed by atoms with E-state index in [0.29, 0.717) is 28.5 Å². The topological polar surface area (TPSA) is 69.6 Å². The summed E-state index contributed by atoms with van der Waals surface area (Å²) in [6.07, 6.45) is 2.65. The number of halogens is 1. The summed E-state index contributed by atoms with van der Waals surface area (Å²) in [7, 11) is 0. The first-order valence-electron chi connectivity index (χ1n) is 11.4. The van der Waals surface area contributed by atoms with Crippen molar-refractivity contribution in [2.45, 2.75) is 79.2 Å². The molecule has 0 bridgehead atoms. The molecule has 0 unspecified atom stereocenters. The molecule has 2 rings (SSSR count). The first kappa shape index (κ1) is 26.2. The highest BCUT2D eigenvalue weighted by molar-refractivity contribution is 6.31. The predicted octanol–water partition coefficient (Wildman–Crippen LogP) is 5.72. The van der Waals surface area contributed by atoms with Crippen molar-refractivity contribution in [1.82, 2.24) is 5.32 Å². The zero-order valence-corrected chi connectivity index (χ0v) is 21.0. The maximum atomic E-state index is 12.8. The number of aliphatic hydroxyl groups is 1. The second-order valence-corrected chi connectivity index (χ2v) is 10.6. The van der Waals surface area contributed by atoms with E-state index >= 15 is 0 Å². The third-order valence-electron chi connectivity index (χ3n) is 5.96. The molecule has 1 atom stereocenters. The van der Waals surface area contributed by atoms with Gasteiger partial charge in [-0.3, -0.25) is 4.79 Å². The summed E-state index contributed by atoms with van der Waals surface area (Å²) in [5.74, 6) is 0.242. The fourth-order valence-corrected chi connectivity index (χ4v) is 4.24. The number of aryl methyl sites for hydroxylation is 1. The largest absolute Gasteiger partial charge is 0.508 e. The molecule has 0 heterocycles. The molecular weight excluding hydrogens is 422 g/mol. The second-order valence-electron chi connectivity index (χ2n) is 10.2. The van der Waals surface area contributed by atoms with Crippen molar-refractivity contribution in [2.24, 2.45) is 5.41 Å². The number of hydrogen-bond acceptors (Lipinski definition) is 3. The number of nitrogens with one attached hydrogen (secondary N) is 1. The van der Waals surface area contributed by atoms with Crippen LogP contribution in [0.3, 0.4) is 0 Å². The minimum Gasteiger partial charge on any atom is -0.508 e. The van der Waals surface area contributed by atoms with Crippen LogP contribution in [0, 0.1) is 12.3 Å². The highest BCUT2D eigenvalue weighted by Gasteiger charge is 2.21. The molecular formula is C27H38ClNO3. The smallest absolute Gasteiger partial charge is 0.224 e. The van der Waals surface area contributed by atoms with Crippen LogP contribution in [0.15, 0.2) is 30.3 Å². The zero-order chi connectivity index (χ0) is 24.1. The maximum absolute atomic E-state index is 12.8. The van der Waals surface area contributed by atoms with Crippen LogP contribution in [-0.2, 0) is 24.1 Å². The number of aromatic hydroxyl groups is 1. The third kappa shape index (κ3) is 7.25. The van der Waals surface area contributed by atoms with Crippen molar-refractivity contribution in [3.63, 3.8) is 0 Å². The average molecular weight is 460 g/mol. The van der Waals surface area contributed by atoms with Crippen molar-refractivity contribution in [1.29, 1.82) is 0 Å². The maximum Gasteiger partial charge on any atom is 0.224 e. The van der Waals surface area contributed by atoms with Crippen molar-refractivity contribution < 1.29 is 15.0 Å². The van der Waals surface area contributed by atoms with Gasteiger partial charge >= 0.3 is 0 Å². The number of hydrogen-bond donors (Lipinski definition) is 3. The minimum atomic E-state index is -0.396. The number of carbonyl (C=O) groups is 1. The second kappa shape index (κ2) is 11.2. The van der Waals surface area contributed by atoms with Gasteiger partial charge in [-0.15, -0.1) is 0 Å². The van der Waals surface area contributed by atoms with E-state index in [-0.39, 0.29) is 30.1 Å².